The fraction of sp³-hybridized carbons (Fsp3) is 0.667. The van der Waals surface area contributed by atoms with Gasteiger partial charge in [-0.1, -0.05) is 20.3 Å². The molecule has 0 radical (unpaired) electrons. The second-order valence-corrected chi connectivity index (χ2v) is 3.41. The molecule has 0 aliphatic heterocycles. The minimum absolute atomic E-state index is 0.268. The zero-order valence-electron chi connectivity index (χ0n) is 8.12. The van der Waals surface area contributed by atoms with Gasteiger partial charge < -0.3 is 4.74 Å². The lowest BCUT2D eigenvalue weighted by Crippen LogP contribution is -2.26. The minimum atomic E-state index is -0.314. The van der Waals surface area contributed by atoms with E-state index in [2.05, 4.69) is 9.78 Å². The fourth-order valence-electron chi connectivity index (χ4n) is 0.562. The van der Waals surface area contributed by atoms with E-state index in [1.807, 2.05) is 20.0 Å². The fourth-order valence-corrected chi connectivity index (χ4v) is 0.562. The molecule has 0 aliphatic rings. The summed E-state index contributed by atoms with van der Waals surface area (Å²) in [6.45, 7) is 5.64. The van der Waals surface area contributed by atoms with Gasteiger partial charge in [-0.15, -0.1) is 0 Å². The van der Waals surface area contributed by atoms with Crippen LogP contribution in [0, 0.1) is 17.9 Å². The molecule has 0 fully saturated rings. The van der Waals surface area contributed by atoms with Crippen LogP contribution >= 0.6 is 0 Å². The van der Waals surface area contributed by atoms with E-state index in [9.17, 15) is 4.79 Å². The molecule has 0 aromatic heterocycles. The number of rotatable bonds is 5. The highest BCUT2D eigenvalue weighted by Gasteiger charge is 2.20. The van der Waals surface area contributed by atoms with Crippen LogP contribution in [0.2, 0.25) is 0 Å². The maximum absolute atomic E-state index is 10.5. The van der Waals surface area contributed by atoms with Crippen LogP contribution in [0.4, 0.5) is 0 Å². The Bertz CT molecular complexity index is 202. The monoisotopic (exact) mass is 186 g/mol. The number of carbonyl (C=O) groups is 1. The van der Waals surface area contributed by atoms with E-state index < -0.39 is 0 Å². The first-order chi connectivity index (χ1) is 5.98. The van der Waals surface area contributed by atoms with E-state index in [0.717, 1.165) is 0 Å². The highest BCUT2D eigenvalue weighted by Crippen LogP contribution is 2.15. The molecule has 0 aliphatic carbocycles. The van der Waals surface area contributed by atoms with E-state index in [1.165, 1.54) is 6.92 Å². The van der Waals surface area contributed by atoms with Gasteiger partial charge in [0.25, 0.3) is 0 Å². The first-order valence-corrected chi connectivity index (χ1v) is 3.85. The van der Waals surface area contributed by atoms with Crippen LogP contribution < -0.4 is 0 Å². The lowest BCUT2D eigenvalue weighted by Gasteiger charge is -2.21. The van der Waals surface area contributed by atoms with Crippen LogP contribution in [0.25, 0.3) is 0 Å². The Morgan fingerprint density at radius 1 is 1.46 bits per heavy atom. The highest BCUT2D eigenvalue weighted by atomic mass is 17.2. The maximum atomic E-state index is 10.5. The molecule has 0 atom stereocenters. The average molecular weight is 186 g/mol. The zero-order chi connectivity index (χ0) is 10.3. The summed E-state index contributed by atoms with van der Waals surface area (Å²) in [5.41, 5.74) is -0.303. The molecule has 0 saturated carbocycles. The van der Waals surface area contributed by atoms with Crippen LogP contribution in [0.1, 0.15) is 20.8 Å². The number of hydrogen-bond acceptors (Lipinski definition) is 4. The van der Waals surface area contributed by atoms with Gasteiger partial charge in [-0.05, 0) is 0 Å². The van der Waals surface area contributed by atoms with Crippen molar-refractivity contribution >= 4 is 5.97 Å². The van der Waals surface area contributed by atoms with Crippen molar-refractivity contribution < 1.29 is 19.3 Å². The Morgan fingerprint density at radius 2 is 2.08 bits per heavy atom. The Kier molecular flexibility index (Phi) is 4.93. The second kappa shape index (κ2) is 5.44. The molecule has 4 nitrogen and oxygen atoms in total. The van der Waals surface area contributed by atoms with Crippen molar-refractivity contribution in [3.63, 3.8) is 0 Å². The number of carbonyl (C=O) groups excluding carboxylic acids is 1. The predicted molar refractivity (Wildman–Crippen MR) is 46.3 cm³/mol. The minimum Gasteiger partial charge on any atom is -0.465 e. The molecule has 0 aromatic rings. The standard InChI is InChI=1S/C9H14O4/c1-5-12-13-7-9(3,4)6-11-8(2)10/h1H,6-7H2,2-4H3. The van der Waals surface area contributed by atoms with Gasteiger partial charge in [-0.2, -0.15) is 4.89 Å². The number of hydrogen-bond donors (Lipinski definition) is 0. The smallest absolute Gasteiger partial charge is 0.302 e. The largest absolute Gasteiger partial charge is 0.465 e. The van der Waals surface area contributed by atoms with Crippen molar-refractivity contribution in [3.05, 3.63) is 0 Å². The van der Waals surface area contributed by atoms with E-state index in [1.54, 1.807) is 0 Å². The predicted octanol–water partition coefficient (Wildman–Crippen LogP) is 1.11. The summed E-state index contributed by atoms with van der Waals surface area (Å²) < 4.78 is 4.81. The third-order valence-electron chi connectivity index (χ3n) is 1.22. The molecular weight excluding hydrogens is 172 g/mol. The highest BCUT2D eigenvalue weighted by molar-refractivity contribution is 5.65. The van der Waals surface area contributed by atoms with Crippen LogP contribution in [0.3, 0.4) is 0 Å². The third kappa shape index (κ3) is 7.16. The molecule has 0 amide bonds. The van der Waals surface area contributed by atoms with Crippen LogP contribution in [-0.2, 0) is 19.3 Å². The topological polar surface area (TPSA) is 44.8 Å². The van der Waals surface area contributed by atoms with Gasteiger partial charge in [0.2, 0.25) is 0 Å². The van der Waals surface area contributed by atoms with Gasteiger partial charge >= 0.3 is 5.97 Å². The summed E-state index contributed by atoms with van der Waals surface area (Å²) in [5.74, 6) is -0.314. The second-order valence-electron chi connectivity index (χ2n) is 3.41. The summed E-state index contributed by atoms with van der Waals surface area (Å²) in [5, 5.41) is 0. The first-order valence-electron chi connectivity index (χ1n) is 3.85. The van der Waals surface area contributed by atoms with Crippen molar-refractivity contribution in [3.8, 4) is 12.5 Å². The molecule has 4 heteroatoms. The summed E-state index contributed by atoms with van der Waals surface area (Å²) in [7, 11) is 0. The lowest BCUT2D eigenvalue weighted by atomic mass is 9.97. The SMILES string of the molecule is C#COOCC(C)(C)COC(C)=O. The normalized spacial score (nSPS) is 10.3. The number of esters is 1. The lowest BCUT2D eigenvalue weighted by molar-refractivity contribution is -0.256. The van der Waals surface area contributed by atoms with Crippen molar-refractivity contribution in [2.45, 2.75) is 20.8 Å². The van der Waals surface area contributed by atoms with Gasteiger partial charge in [-0.25, -0.2) is 0 Å². The Morgan fingerprint density at radius 3 is 2.54 bits per heavy atom. The summed E-state index contributed by atoms with van der Waals surface area (Å²) in [6, 6.07) is 0. The van der Waals surface area contributed by atoms with Crippen LogP contribution in [-0.4, -0.2) is 19.2 Å². The molecule has 0 heterocycles. The third-order valence-corrected chi connectivity index (χ3v) is 1.22. The van der Waals surface area contributed by atoms with E-state index >= 15 is 0 Å². The average Bonchev–Trinajstić information content (AvgIpc) is 2.02. The number of terminal acetylenes is 1. The van der Waals surface area contributed by atoms with E-state index in [-0.39, 0.29) is 24.6 Å². The quantitative estimate of drug-likeness (QED) is 0.212. The van der Waals surface area contributed by atoms with Crippen molar-refractivity contribution in [1.82, 2.24) is 0 Å². The van der Waals surface area contributed by atoms with Gasteiger partial charge in [0, 0.05) is 12.3 Å². The van der Waals surface area contributed by atoms with Crippen molar-refractivity contribution in [2.75, 3.05) is 13.2 Å². The number of ether oxygens (including phenoxy) is 1. The Labute approximate surface area is 78.1 Å². The molecule has 0 bridgehead atoms. The molecule has 13 heavy (non-hydrogen) atoms. The Hall–Kier alpha value is -1.21. The molecule has 0 saturated heterocycles. The summed E-state index contributed by atoms with van der Waals surface area (Å²) in [6.07, 6.45) is 6.67. The molecular formula is C9H14O4. The summed E-state index contributed by atoms with van der Waals surface area (Å²) in [4.78, 5) is 19.4. The van der Waals surface area contributed by atoms with Gasteiger partial charge in [0.15, 0.2) is 6.11 Å². The van der Waals surface area contributed by atoms with Gasteiger partial charge in [-0.3, -0.25) is 9.68 Å². The zero-order valence-corrected chi connectivity index (χ0v) is 8.12. The molecule has 0 N–H and O–H groups in total. The molecule has 0 rings (SSSR count). The van der Waals surface area contributed by atoms with Crippen molar-refractivity contribution in [1.29, 1.82) is 0 Å². The van der Waals surface area contributed by atoms with Gasteiger partial charge in [0.1, 0.15) is 6.61 Å². The first kappa shape index (κ1) is 11.8. The van der Waals surface area contributed by atoms with Gasteiger partial charge in [0.05, 0.1) is 6.61 Å². The van der Waals surface area contributed by atoms with E-state index in [0.29, 0.717) is 0 Å². The molecule has 74 valence electrons. The van der Waals surface area contributed by atoms with E-state index in [4.69, 9.17) is 11.2 Å². The maximum Gasteiger partial charge on any atom is 0.302 e. The van der Waals surface area contributed by atoms with Crippen LogP contribution in [0.15, 0.2) is 0 Å². The molecule has 0 aromatic carbocycles. The molecule has 0 unspecified atom stereocenters. The Balaban J connectivity index is 3.67. The molecule has 0 spiro atoms. The summed E-state index contributed by atoms with van der Waals surface area (Å²) >= 11 is 0. The van der Waals surface area contributed by atoms with Crippen molar-refractivity contribution in [2.24, 2.45) is 5.41 Å². The van der Waals surface area contributed by atoms with Crippen LogP contribution in [0.5, 0.6) is 0 Å².